The number of hydrogen-bond acceptors (Lipinski definition) is 3. The minimum Gasteiger partial charge on any atom is -0.357 e. The fourth-order valence-electron chi connectivity index (χ4n) is 3.25. The second-order valence-corrected chi connectivity index (χ2v) is 7.30. The maximum atomic E-state index is 12.9. The molecule has 0 fully saturated rings. The van der Waals surface area contributed by atoms with Gasteiger partial charge in [0.05, 0.1) is 5.56 Å². The van der Waals surface area contributed by atoms with E-state index >= 15 is 0 Å². The van der Waals surface area contributed by atoms with Gasteiger partial charge >= 0.3 is 6.18 Å². The molecule has 1 atom stereocenters. The first kappa shape index (κ1) is 22.6. The van der Waals surface area contributed by atoms with Gasteiger partial charge in [0.2, 0.25) is 0 Å². The minimum atomic E-state index is -4.33. The molecule has 2 N–H and O–H groups in total. The average Bonchev–Trinajstić information content (AvgIpc) is 3.16. The molecule has 0 spiro atoms. The van der Waals surface area contributed by atoms with Gasteiger partial charge in [0.15, 0.2) is 11.6 Å². The third kappa shape index (κ3) is 6.19. The molecule has 2 heterocycles. The maximum absolute atomic E-state index is 12.9. The Labute approximate surface area is 179 Å². The summed E-state index contributed by atoms with van der Waals surface area (Å²) < 4.78 is 40.7. The number of hydrogen-bond donors (Lipinski definition) is 2. The van der Waals surface area contributed by atoms with E-state index in [0.717, 1.165) is 17.5 Å². The lowest BCUT2D eigenvalue weighted by Crippen LogP contribution is -2.38. The Morgan fingerprint density at radius 3 is 2.74 bits per heavy atom. The molecule has 0 saturated heterocycles. The molecule has 3 rings (SSSR count). The molecule has 0 aliphatic rings. The molecular formula is C22H27F3N6. The molecule has 0 bridgehead atoms. The van der Waals surface area contributed by atoms with Crippen LogP contribution in [0.4, 0.5) is 13.2 Å². The highest BCUT2D eigenvalue weighted by Crippen LogP contribution is 2.31. The summed E-state index contributed by atoms with van der Waals surface area (Å²) in [6.45, 7) is 5.74. The smallest absolute Gasteiger partial charge is 0.357 e. The standard InChI is InChI=1S/C22H27F3N6/c1-3-26-21(28-13-11-20-30-29-19-9-4-5-14-31(19)20)27-12-10-16(2)17-7-6-8-18(15-17)22(23,24)25/h4-9,14-16H,3,10-13H2,1-2H3,(H2,26,27,28). The topological polar surface area (TPSA) is 66.6 Å². The highest BCUT2D eigenvalue weighted by molar-refractivity contribution is 5.79. The number of nitrogens with one attached hydrogen (secondary N) is 2. The average molecular weight is 432 g/mol. The highest BCUT2D eigenvalue weighted by atomic mass is 19.4. The molecule has 1 unspecified atom stereocenters. The molecule has 0 radical (unpaired) electrons. The van der Waals surface area contributed by atoms with E-state index in [1.54, 1.807) is 6.07 Å². The summed E-state index contributed by atoms with van der Waals surface area (Å²) in [6, 6.07) is 11.3. The van der Waals surface area contributed by atoms with Crippen molar-refractivity contribution in [1.82, 2.24) is 25.2 Å². The molecule has 0 saturated carbocycles. The number of halogens is 3. The maximum Gasteiger partial charge on any atom is 0.416 e. The first-order valence-electron chi connectivity index (χ1n) is 10.4. The third-order valence-electron chi connectivity index (χ3n) is 4.98. The van der Waals surface area contributed by atoms with E-state index in [9.17, 15) is 13.2 Å². The Morgan fingerprint density at radius 2 is 1.97 bits per heavy atom. The van der Waals surface area contributed by atoms with Crippen LogP contribution in [0.25, 0.3) is 5.65 Å². The van der Waals surface area contributed by atoms with Crippen LogP contribution >= 0.6 is 0 Å². The van der Waals surface area contributed by atoms with Crippen LogP contribution in [0, 0.1) is 0 Å². The normalized spacial score (nSPS) is 13.4. The van der Waals surface area contributed by atoms with Crippen LogP contribution in [0.5, 0.6) is 0 Å². The van der Waals surface area contributed by atoms with Crippen molar-refractivity contribution in [3.63, 3.8) is 0 Å². The van der Waals surface area contributed by atoms with Crippen molar-refractivity contribution in [2.24, 2.45) is 4.99 Å². The Kier molecular flexibility index (Phi) is 7.49. The van der Waals surface area contributed by atoms with Gasteiger partial charge in [-0.2, -0.15) is 13.2 Å². The molecule has 166 valence electrons. The van der Waals surface area contributed by atoms with Gasteiger partial charge in [0.1, 0.15) is 5.82 Å². The molecule has 0 amide bonds. The Morgan fingerprint density at radius 1 is 1.13 bits per heavy atom. The number of fused-ring (bicyclic) bond motifs is 1. The summed E-state index contributed by atoms with van der Waals surface area (Å²) in [4.78, 5) is 4.56. The largest absolute Gasteiger partial charge is 0.416 e. The Bertz CT molecular complexity index is 1010. The van der Waals surface area contributed by atoms with Crippen molar-refractivity contribution >= 4 is 11.6 Å². The molecule has 9 heteroatoms. The number of aromatic nitrogens is 3. The first-order chi connectivity index (χ1) is 14.9. The number of benzene rings is 1. The third-order valence-corrected chi connectivity index (χ3v) is 4.98. The van der Waals surface area contributed by atoms with Crippen LogP contribution in [0.1, 0.15) is 43.1 Å². The van der Waals surface area contributed by atoms with E-state index < -0.39 is 11.7 Å². The number of guanidine groups is 1. The predicted octanol–water partition coefficient (Wildman–Crippen LogP) is 4.04. The van der Waals surface area contributed by atoms with Crippen LogP contribution in [0.2, 0.25) is 0 Å². The SMILES string of the molecule is CCNC(=NCCC(C)c1cccc(C(F)(F)F)c1)NCCc1nnc2ccccn12. The fourth-order valence-corrected chi connectivity index (χ4v) is 3.25. The quantitative estimate of drug-likeness (QED) is 0.417. The lowest BCUT2D eigenvalue weighted by atomic mass is 9.96. The van der Waals surface area contributed by atoms with Crippen molar-refractivity contribution in [3.8, 4) is 0 Å². The molecule has 31 heavy (non-hydrogen) atoms. The first-order valence-corrected chi connectivity index (χ1v) is 10.4. The molecule has 1 aromatic carbocycles. The predicted molar refractivity (Wildman–Crippen MR) is 115 cm³/mol. The molecule has 6 nitrogen and oxygen atoms in total. The Balaban J connectivity index is 1.53. The highest BCUT2D eigenvalue weighted by Gasteiger charge is 2.30. The minimum absolute atomic E-state index is 0.0312. The zero-order chi connectivity index (χ0) is 22.3. The van der Waals surface area contributed by atoms with Gasteiger partial charge in [-0.05, 0) is 43.0 Å². The van der Waals surface area contributed by atoms with Gasteiger partial charge in [-0.15, -0.1) is 10.2 Å². The zero-order valence-corrected chi connectivity index (χ0v) is 17.7. The Hall–Kier alpha value is -3.10. The summed E-state index contributed by atoms with van der Waals surface area (Å²) in [5.74, 6) is 1.50. The van der Waals surface area contributed by atoms with Gasteiger partial charge < -0.3 is 10.6 Å². The van der Waals surface area contributed by atoms with Crippen molar-refractivity contribution < 1.29 is 13.2 Å². The second-order valence-electron chi connectivity index (χ2n) is 7.30. The monoisotopic (exact) mass is 432 g/mol. The number of alkyl halides is 3. The summed E-state index contributed by atoms with van der Waals surface area (Å²) in [5.41, 5.74) is 0.861. The van der Waals surface area contributed by atoms with E-state index in [2.05, 4.69) is 25.8 Å². The fraction of sp³-hybridized carbons (Fsp3) is 0.409. The molecule has 2 aromatic heterocycles. The lowest BCUT2D eigenvalue weighted by molar-refractivity contribution is -0.137. The second kappa shape index (κ2) is 10.3. The van der Waals surface area contributed by atoms with Gasteiger partial charge in [-0.1, -0.05) is 31.2 Å². The molecule has 0 aliphatic carbocycles. The number of aliphatic imine (C=N–C) groups is 1. The summed E-state index contributed by atoms with van der Waals surface area (Å²) in [6.07, 6.45) is -1.08. The summed E-state index contributed by atoms with van der Waals surface area (Å²) in [7, 11) is 0. The van der Waals surface area contributed by atoms with Crippen molar-refractivity contribution in [1.29, 1.82) is 0 Å². The number of pyridine rings is 1. The van der Waals surface area contributed by atoms with E-state index in [4.69, 9.17) is 0 Å². The van der Waals surface area contributed by atoms with E-state index in [-0.39, 0.29) is 5.92 Å². The number of rotatable bonds is 8. The van der Waals surface area contributed by atoms with E-state index in [1.807, 2.05) is 42.6 Å². The van der Waals surface area contributed by atoms with Crippen LogP contribution in [-0.4, -0.2) is 40.2 Å². The van der Waals surface area contributed by atoms with E-state index in [1.165, 1.54) is 12.1 Å². The van der Waals surface area contributed by atoms with Crippen molar-refractivity contribution in [2.75, 3.05) is 19.6 Å². The van der Waals surface area contributed by atoms with Crippen LogP contribution in [0.15, 0.2) is 53.7 Å². The van der Waals surface area contributed by atoms with Gasteiger partial charge in [0.25, 0.3) is 0 Å². The number of nitrogens with zero attached hydrogens (tertiary/aromatic N) is 4. The van der Waals surface area contributed by atoms with Crippen LogP contribution in [0.3, 0.4) is 0 Å². The van der Waals surface area contributed by atoms with Crippen LogP contribution < -0.4 is 10.6 Å². The lowest BCUT2D eigenvalue weighted by Gasteiger charge is -2.15. The van der Waals surface area contributed by atoms with Crippen LogP contribution in [-0.2, 0) is 12.6 Å². The summed E-state index contributed by atoms with van der Waals surface area (Å²) in [5, 5.41) is 14.8. The van der Waals surface area contributed by atoms with E-state index in [0.29, 0.717) is 44.0 Å². The van der Waals surface area contributed by atoms with Crippen molar-refractivity contribution in [2.45, 2.75) is 38.8 Å². The van der Waals surface area contributed by atoms with Gasteiger partial charge in [0, 0.05) is 32.3 Å². The summed E-state index contributed by atoms with van der Waals surface area (Å²) >= 11 is 0. The zero-order valence-electron chi connectivity index (χ0n) is 17.7. The van der Waals surface area contributed by atoms with Gasteiger partial charge in [-0.3, -0.25) is 9.39 Å². The molecule has 0 aliphatic heterocycles. The van der Waals surface area contributed by atoms with Gasteiger partial charge in [-0.25, -0.2) is 0 Å². The van der Waals surface area contributed by atoms with Crippen molar-refractivity contribution in [3.05, 3.63) is 65.6 Å². The molecule has 3 aromatic rings. The molecular weight excluding hydrogens is 405 g/mol.